The van der Waals surface area contributed by atoms with E-state index in [1.807, 2.05) is 0 Å². The number of alkyl halides is 6. The second-order valence-electron chi connectivity index (χ2n) is 8.28. The van der Waals surface area contributed by atoms with Crippen LogP contribution in [0.15, 0.2) is 58.7 Å². The monoisotopic (exact) mass is 554 g/mol. The van der Waals surface area contributed by atoms with Gasteiger partial charge in [-0.3, -0.25) is 4.79 Å². The van der Waals surface area contributed by atoms with Gasteiger partial charge in [0.2, 0.25) is 0 Å². The first kappa shape index (κ1) is 27.1. The molecule has 0 aliphatic carbocycles. The van der Waals surface area contributed by atoms with Crippen molar-refractivity contribution in [1.29, 1.82) is 5.26 Å². The first-order chi connectivity index (χ1) is 17.7. The molecule has 0 amide bonds. The van der Waals surface area contributed by atoms with Crippen LogP contribution in [0.2, 0.25) is 0 Å². The quantitative estimate of drug-likeness (QED) is 0.242. The summed E-state index contributed by atoms with van der Waals surface area (Å²) in [7, 11) is 0. The van der Waals surface area contributed by atoms with Crippen LogP contribution in [0, 0.1) is 29.9 Å². The predicted molar refractivity (Wildman–Crippen MR) is 124 cm³/mol. The average molecular weight is 554 g/mol. The lowest BCUT2D eigenvalue weighted by molar-refractivity contribution is -0.138. The molecule has 0 aliphatic rings. The van der Waals surface area contributed by atoms with Crippen molar-refractivity contribution in [2.24, 2.45) is 0 Å². The standard InChI is InChI=1S/C26H14F8N2OS/c1-13-6-14(3-5-19(13)25(29,30)31)16-7-23(38-12-16)22-9-20(26(32,33)34)18(10-35)24(37)36(22)11-15-2-4-17(27)8-21(15)28/h2-9,12H,11H2,1H3. The molecule has 2 aromatic heterocycles. The van der Waals surface area contributed by atoms with Crippen LogP contribution in [-0.4, -0.2) is 4.57 Å². The Morgan fingerprint density at radius 2 is 1.58 bits per heavy atom. The summed E-state index contributed by atoms with van der Waals surface area (Å²) in [6.07, 6.45) is -9.63. The lowest BCUT2D eigenvalue weighted by Crippen LogP contribution is -2.28. The van der Waals surface area contributed by atoms with Crippen LogP contribution in [0.4, 0.5) is 35.1 Å². The Kier molecular flexibility index (Phi) is 6.92. The molecule has 3 nitrogen and oxygen atoms in total. The smallest absolute Gasteiger partial charge is 0.302 e. The number of aromatic nitrogens is 1. The van der Waals surface area contributed by atoms with E-state index in [2.05, 4.69) is 0 Å². The number of aryl methyl sites for hydroxylation is 1. The maximum absolute atomic E-state index is 14.4. The highest BCUT2D eigenvalue weighted by atomic mass is 32.1. The van der Waals surface area contributed by atoms with Gasteiger partial charge in [0.25, 0.3) is 5.56 Å². The molecule has 196 valence electrons. The Bertz CT molecular complexity index is 1640. The van der Waals surface area contributed by atoms with E-state index in [1.165, 1.54) is 36.6 Å². The van der Waals surface area contributed by atoms with Crippen molar-refractivity contribution in [3.8, 4) is 27.8 Å². The average Bonchev–Trinajstić information content (AvgIpc) is 3.30. The molecule has 2 aromatic carbocycles. The fraction of sp³-hybridized carbons (Fsp3) is 0.154. The highest BCUT2D eigenvalue weighted by Crippen LogP contribution is 2.39. The molecule has 0 unspecified atom stereocenters. The van der Waals surface area contributed by atoms with E-state index >= 15 is 0 Å². The maximum atomic E-state index is 14.4. The molecule has 0 atom stereocenters. The minimum atomic E-state index is -5.07. The van der Waals surface area contributed by atoms with E-state index in [-0.39, 0.29) is 21.7 Å². The van der Waals surface area contributed by atoms with Gasteiger partial charge in [0.15, 0.2) is 0 Å². The van der Waals surface area contributed by atoms with Gasteiger partial charge in [-0.15, -0.1) is 11.3 Å². The van der Waals surface area contributed by atoms with E-state index in [9.17, 15) is 45.2 Å². The molecular weight excluding hydrogens is 540 g/mol. The first-order valence-corrected chi connectivity index (χ1v) is 11.5. The van der Waals surface area contributed by atoms with E-state index in [0.29, 0.717) is 23.3 Å². The summed E-state index contributed by atoms with van der Waals surface area (Å²) in [5.41, 5.74) is -4.72. The van der Waals surface area contributed by atoms with Crippen LogP contribution < -0.4 is 5.56 Å². The van der Waals surface area contributed by atoms with Crippen molar-refractivity contribution in [3.63, 3.8) is 0 Å². The van der Waals surface area contributed by atoms with Gasteiger partial charge in [-0.05, 0) is 53.3 Å². The van der Waals surface area contributed by atoms with E-state index in [1.54, 1.807) is 0 Å². The molecule has 38 heavy (non-hydrogen) atoms. The molecule has 0 radical (unpaired) electrons. The van der Waals surface area contributed by atoms with Crippen LogP contribution in [0.1, 0.15) is 27.8 Å². The van der Waals surface area contributed by atoms with Gasteiger partial charge in [-0.1, -0.05) is 18.2 Å². The third kappa shape index (κ3) is 5.19. The maximum Gasteiger partial charge on any atom is 0.417 e. The van der Waals surface area contributed by atoms with Crippen LogP contribution >= 0.6 is 11.3 Å². The molecule has 0 aliphatic heterocycles. The van der Waals surface area contributed by atoms with E-state index in [0.717, 1.165) is 34.1 Å². The van der Waals surface area contributed by atoms with Crippen LogP contribution in [0.5, 0.6) is 0 Å². The Balaban J connectivity index is 1.90. The fourth-order valence-electron chi connectivity index (χ4n) is 3.94. The van der Waals surface area contributed by atoms with Crippen molar-refractivity contribution in [2.75, 3.05) is 0 Å². The number of rotatable bonds is 4. The molecule has 12 heteroatoms. The van der Waals surface area contributed by atoms with Crippen molar-refractivity contribution >= 4 is 11.3 Å². The summed E-state index contributed by atoms with van der Waals surface area (Å²) in [4.78, 5) is 13.1. The Morgan fingerprint density at radius 3 is 2.16 bits per heavy atom. The van der Waals surface area contributed by atoms with Gasteiger partial charge in [-0.25, -0.2) is 8.78 Å². The second kappa shape index (κ2) is 9.72. The number of benzene rings is 2. The first-order valence-electron chi connectivity index (χ1n) is 10.7. The van der Waals surface area contributed by atoms with E-state index < -0.39 is 52.8 Å². The molecule has 4 rings (SSSR count). The molecule has 0 saturated heterocycles. The molecule has 4 aromatic rings. The number of hydrogen-bond acceptors (Lipinski definition) is 3. The number of nitriles is 1. The second-order valence-corrected chi connectivity index (χ2v) is 9.19. The Hall–Kier alpha value is -3.98. The predicted octanol–water partition coefficient (Wildman–Crippen LogP) is 7.79. The zero-order valence-corrected chi connectivity index (χ0v) is 20.0. The van der Waals surface area contributed by atoms with Crippen LogP contribution in [0.3, 0.4) is 0 Å². The van der Waals surface area contributed by atoms with Gasteiger partial charge in [0.05, 0.1) is 28.2 Å². The summed E-state index contributed by atoms with van der Waals surface area (Å²) in [6.45, 7) is 0.657. The van der Waals surface area contributed by atoms with E-state index in [4.69, 9.17) is 0 Å². The van der Waals surface area contributed by atoms with Gasteiger partial charge < -0.3 is 4.57 Å². The molecule has 2 heterocycles. The number of thiophene rings is 1. The lowest BCUT2D eigenvalue weighted by atomic mass is 10.0. The van der Waals surface area contributed by atoms with Crippen molar-refractivity contribution in [1.82, 2.24) is 4.57 Å². The lowest BCUT2D eigenvalue weighted by Gasteiger charge is -2.17. The minimum Gasteiger partial charge on any atom is -0.302 e. The summed E-state index contributed by atoms with van der Waals surface area (Å²) in [5.74, 6) is -1.95. The number of hydrogen-bond donors (Lipinski definition) is 0. The van der Waals surface area contributed by atoms with Crippen molar-refractivity contribution < 1.29 is 35.1 Å². The molecule has 0 bridgehead atoms. The largest absolute Gasteiger partial charge is 0.417 e. The zero-order valence-electron chi connectivity index (χ0n) is 19.1. The molecule has 0 fully saturated rings. The summed E-state index contributed by atoms with van der Waals surface area (Å²) < 4.78 is 109. The third-order valence-corrected chi connectivity index (χ3v) is 6.73. The fourth-order valence-corrected chi connectivity index (χ4v) is 4.89. The number of halogens is 8. The van der Waals surface area contributed by atoms with Gasteiger partial charge in [0, 0.05) is 11.6 Å². The number of pyridine rings is 1. The molecular formula is C26H14F8N2OS. The van der Waals surface area contributed by atoms with Crippen molar-refractivity contribution in [3.05, 3.63) is 104 Å². The van der Waals surface area contributed by atoms with Gasteiger partial charge in [-0.2, -0.15) is 31.6 Å². The molecule has 0 spiro atoms. The van der Waals surface area contributed by atoms with Gasteiger partial charge >= 0.3 is 12.4 Å². The molecule has 0 N–H and O–H groups in total. The zero-order chi connectivity index (χ0) is 28.0. The summed E-state index contributed by atoms with van der Waals surface area (Å²) in [5, 5.41) is 10.8. The SMILES string of the molecule is Cc1cc(-c2csc(-c3cc(C(F)(F)F)c(C#N)c(=O)n3Cc3ccc(F)cc3F)c2)ccc1C(F)(F)F. The Labute approximate surface area is 213 Å². The third-order valence-electron chi connectivity index (χ3n) is 5.78. The topological polar surface area (TPSA) is 45.8 Å². The normalized spacial score (nSPS) is 12.0. The van der Waals surface area contributed by atoms with Gasteiger partial charge in [0.1, 0.15) is 23.3 Å². The highest BCUT2D eigenvalue weighted by molar-refractivity contribution is 7.14. The van der Waals surface area contributed by atoms with Crippen LogP contribution in [0.25, 0.3) is 21.7 Å². The summed E-state index contributed by atoms with van der Waals surface area (Å²) >= 11 is 0.900. The summed E-state index contributed by atoms with van der Waals surface area (Å²) in [6, 6.07) is 9.08. The van der Waals surface area contributed by atoms with Crippen LogP contribution in [-0.2, 0) is 18.9 Å². The Morgan fingerprint density at radius 1 is 0.895 bits per heavy atom. The molecule has 0 saturated carbocycles. The minimum absolute atomic E-state index is 0.0656. The van der Waals surface area contributed by atoms with Crippen molar-refractivity contribution in [2.45, 2.75) is 25.8 Å². The number of nitrogens with zero attached hydrogens (tertiary/aromatic N) is 2. The highest BCUT2D eigenvalue weighted by Gasteiger charge is 2.37.